The minimum Gasteiger partial charge on any atom is -0.391 e. The summed E-state index contributed by atoms with van der Waals surface area (Å²) in [6.45, 7) is 2.24. The Morgan fingerprint density at radius 3 is 1.54 bits per heavy atom. The topological polar surface area (TPSA) is 110 Å². The molecule has 0 fully saturated rings. The number of phosphoric acid groups is 1. The van der Waals surface area contributed by atoms with Crippen LogP contribution >= 0.6 is 7.82 Å². The summed E-state index contributed by atoms with van der Waals surface area (Å²) in [5, 5.41) is 20.2. The Morgan fingerprint density at radius 1 is 0.786 bits per heavy atom. The summed E-state index contributed by atoms with van der Waals surface area (Å²) in [6.07, 6.45) is 13.9. The van der Waals surface area contributed by atoms with E-state index in [-0.39, 0.29) is 0 Å². The number of aliphatic hydroxyl groups is 2. The molecule has 0 aliphatic rings. The van der Waals surface area contributed by atoms with Gasteiger partial charge < -0.3 is 20.0 Å². The van der Waals surface area contributed by atoms with Crippen LogP contribution in [0.3, 0.4) is 0 Å². The van der Waals surface area contributed by atoms with Crippen molar-refractivity contribution in [1.82, 2.24) is 4.90 Å². The van der Waals surface area contributed by atoms with E-state index in [0.717, 1.165) is 19.3 Å². The van der Waals surface area contributed by atoms with Gasteiger partial charge in [-0.25, -0.2) is 4.57 Å². The van der Waals surface area contributed by atoms with Crippen molar-refractivity contribution in [3.8, 4) is 0 Å². The molecule has 0 aliphatic heterocycles. The molecule has 0 aromatic rings. The van der Waals surface area contributed by atoms with Gasteiger partial charge in [-0.3, -0.25) is 9.42 Å². The molecule has 0 rings (SSSR count). The van der Waals surface area contributed by atoms with Gasteiger partial charge in [-0.2, -0.15) is 0 Å². The quantitative estimate of drug-likeness (QED) is 0.140. The van der Waals surface area contributed by atoms with Crippen LogP contribution in [0.2, 0.25) is 0 Å². The molecule has 1 unspecified atom stereocenters. The smallest absolute Gasteiger partial charge is 0.391 e. The average Bonchev–Trinajstić information content (AvgIpc) is 2.57. The predicted octanol–water partition coefficient (Wildman–Crippen LogP) is 4.19. The lowest BCUT2D eigenvalue weighted by molar-refractivity contribution is -0.118. The summed E-state index contributed by atoms with van der Waals surface area (Å²) < 4.78 is 15.2. The second-order valence-corrected chi connectivity index (χ2v) is 9.23. The number of rotatable bonds is 19. The van der Waals surface area contributed by atoms with Crippen molar-refractivity contribution in [2.24, 2.45) is 0 Å². The van der Waals surface area contributed by atoms with Crippen LogP contribution in [0.25, 0.3) is 0 Å². The molecule has 0 heterocycles. The molecule has 28 heavy (non-hydrogen) atoms. The van der Waals surface area contributed by atoms with Crippen LogP contribution in [0.1, 0.15) is 96.8 Å². The van der Waals surface area contributed by atoms with Crippen molar-refractivity contribution < 1.29 is 29.1 Å². The number of phosphoric ester groups is 1. The number of nitrogens with zero attached hydrogens (tertiary/aromatic N) is 1. The van der Waals surface area contributed by atoms with Crippen molar-refractivity contribution in [2.45, 2.75) is 115 Å². The number of aliphatic hydroxyl groups excluding tert-OH is 2. The lowest BCUT2D eigenvalue weighted by Gasteiger charge is -2.32. The van der Waals surface area contributed by atoms with Crippen LogP contribution in [0.15, 0.2) is 0 Å². The van der Waals surface area contributed by atoms with Crippen molar-refractivity contribution in [3.05, 3.63) is 0 Å². The molecular weight excluding hydrogens is 381 g/mol. The Morgan fingerprint density at radius 2 is 1.18 bits per heavy atom. The zero-order valence-electron chi connectivity index (χ0n) is 18.1. The van der Waals surface area contributed by atoms with Crippen LogP contribution in [-0.2, 0) is 9.09 Å². The first-order valence-electron chi connectivity index (χ1n) is 11.0. The first-order valence-corrected chi connectivity index (χ1v) is 12.5. The standard InChI is InChI=1S/C20H44NO6P/c1-4-5-6-7-8-9-10-11-12-13-14-15-16-17-18(22)19(21(2)3)20(23)27-28(24,25)26/h18-20,22-23H,4-17H2,1-3H3,(H2,24,25,26)/t18-,19+,20?/m1/s1. The van der Waals surface area contributed by atoms with E-state index in [9.17, 15) is 14.8 Å². The number of hydrogen-bond acceptors (Lipinski definition) is 5. The zero-order valence-corrected chi connectivity index (χ0v) is 19.0. The van der Waals surface area contributed by atoms with Crippen molar-refractivity contribution >= 4 is 7.82 Å². The highest BCUT2D eigenvalue weighted by atomic mass is 31.2. The molecule has 170 valence electrons. The lowest BCUT2D eigenvalue weighted by Crippen LogP contribution is -2.48. The molecule has 0 aromatic heterocycles. The van der Waals surface area contributed by atoms with Gasteiger partial charge in [0.15, 0.2) is 6.29 Å². The Kier molecular flexibility index (Phi) is 16.7. The van der Waals surface area contributed by atoms with Crippen molar-refractivity contribution in [3.63, 3.8) is 0 Å². The highest BCUT2D eigenvalue weighted by Gasteiger charge is 2.33. The van der Waals surface area contributed by atoms with Gasteiger partial charge >= 0.3 is 7.82 Å². The van der Waals surface area contributed by atoms with Gasteiger partial charge in [0.1, 0.15) is 0 Å². The average molecular weight is 426 g/mol. The normalized spacial score (nSPS) is 15.7. The maximum atomic E-state index is 10.9. The van der Waals surface area contributed by atoms with Gasteiger partial charge in [-0.15, -0.1) is 0 Å². The molecule has 0 aliphatic carbocycles. The minimum absolute atomic E-state index is 0.461. The van der Waals surface area contributed by atoms with E-state index >= 15 is 0 Å². The highest BCUT2D eigenvalue weighted by Crippen LogP contribution is 2.38. The van der Waals surface area contributed by atoms with Crippen LogP contribution in [0, 0.1) is 0 Å². The number of unbranched alkanes of at least 4 members (excludes halogenated alkanes) is 12. The van der Waals surface area contributed by atoms with E-state index in [4.69, 9.17) is 9.79 Å². The maximum Gasteiger partial charge on any atom is 0.471 e. The second-order valence-electron chi connectivity index (χ2n) is 8.04. The summed E-state index contributed by atoms with van der Waals surface area (Å²) in [5.74, 6) is 0. The Hall–Kier alpha value is -0.0100. The molecule has 8 heteroatoms. The summed E-state index contributed by atoms with van der Waals surface area (Å²) in [7, 11) is -1.55. The SMILES string of the molecule is CCCCCCCCCCCCCCC[C@@H](O)[C@@H](C(O)OP(=O)(O)O)N(C)C. The zero-order chi connectivity index (χ0) is 21.4. The third-order valence-electron chi connectivity index (χ3n) is 5.13. The van der Waals surface area contributed by atoms with Gasteiger partial charge in [0.05, 0.1) is 12.1 Å². The first kappa shape index (κ1) is 28.0. The maximum absolute atomic E-state index is 10.9. The lowest BCUT2D eigenvalue weighted by atomic mass is 10.0. The molecule has 4 N–H and O–H groups in total. The fraction of sp³-hybridized carbons (Fsp3) is 1.00. The molecule has 0 bridgehead atoms. The van der Waals surface area contributed by atoms with Crippen molar-refractivity contribution in [1.29, 1.82) is 0 Å². The van der Waals surface area contributed by atoms with Crippen LogP contribution < -0.4 is 0 Å². The third kappa shape index (κ3) is 15.9. The molecule has 0 aromatic carbocycles. The van der Waals surface area contributed by atoms with E-state index in [1.165, 1.54) is 69.1 Å². The molecular formula is C20H44NO6P. The van der Waals surface area contributed by atoms with E-state index < -0.39 is 26.3 Å². The van der Waals surface area contributed by atoms with Gasteiger partial charge in [0.25, 0.3) is 0 Å². The van der Waals surface area contributed by atoms with Gasteiger partial charge in [-0.05, 0) is 20.5 Å². The summed E-state index contributed by atoms with van der Waals surface area (Å²) in [4.78, 5) is 19.2. The van der Waals surface area contributed by atoms with E-state index in [1.54, 1.807) is 14.1 Å². The van der Waals surface area contributed by atoms with E-state index in [2.05, 4.69) is 11.4 Å². The van der Waals surface area contributed by atoms with Crippen molar-refractivity contribution in [2.75, 3.05) is 14.1 Å². The van der Waals surface area contributed by atoms with Crippen LogP contribution in [-0.4, -0.2) is 57.4 Å². The van der Waals surface area contributed by atoms with E-state index in [0.29, 0.717) is 6.42 Å². The number of likely N-dealkylation sites (N-methyl/N-ethyl adjacent to an activating group) is 1. The number of hydrogen-bond donors (Lipinski definition) is 4. The first-order chi connectivity index (χ1) is 13.2. The Balaban J connectivity index is 3.76. The molecule has 3 atom stereocenters. The molecule has 7 nitrogen and oxygen atoms in total. The van der Waals surface area contributed by atoms with Gasteiger partial charge in [0, 0.05) is 0 Å². The van der Waals surface area contributed by atoms with Gasteiger partial charge in [0.2, 0.25) is 0 Å². The minimum atomic E-state index is -4.80. The molecule has 0 saturated heterocycles. The summed E-state index contributed by atoms with van der Waals surface area (Å²) in [5.41, 5.74) is 0. The highest BCUT2D eigenvalue weighted by molar-refractivity contribution is 7.46. The second kappa shape index (κ2) is 16.8. The largest absolute Gasteiger partial charge is 0.471 e. The monoisotopic (exact) mass is 425 g/mol. The third-order valence-corrected chi connectivity index (χ3v) is 5.62. The van der Waals surface area contributed by atoms with Gasteiger partial charge in [-0.1, -0.05) is 90.4 Å². The van der Waals surface area contributed by atoms with E-state index in [1.807, 2.05) is 0 Å². The molecule has 0 spiro atoms. The Labute approximate surface area is 171 Å². The summed E-state index contributed by atoms with van der Waals surface area (Å²) >= 11 is 0. The fourth-order valence-electron chi connectivity index (χ4n) is 3.53. The fourth-order valence-corrected chi connectivity index (χ4v) is 3.94. The molecule has 0 radical (unpaired) electrons. The molecule has 0 saturated carbocycles. The molecule has 0 amide bonds. The predicted molar refractivity (Wildman–Crippen MR) is 113 cm³/mol. The van der Waals surface area contributed by atoms with Crippen LogP contribution in [0.4, 0.5) is 0 Å². The Bertz CT molecular complexity index is 404. The van der Waals surface area contributed by atoms with Crippen LogP contribution in [0.5, 0.6) is 0 Å². The summed E-state index contributed by atoms with van der Waals surface area (Å²) in [6, 6.07) is -0.884.